The number of aromatic nitrogens is 2. The fourth-order valence-corrected chi connectivity index (χ4v) is 2.54. The molecule has 0 aliphatic heterocycles. The number of nitrogens with zero attached hydrogens (tertiary/aromatic N) is 2. The zero-order chi connectivity index (χ0) is 13.1. The van der Waals surface area contributed by atoms with Crippen LogP contribution in [0.15, 0.2) is 18.3 Å². The van der Waals surface area contributed by atoms with Crippen LogP contribution < -0.4 is 4.74 Å². The Morgan fingerprint density at radius 3 is 2.89 bits per heavy atom. The summed E-state index contributed by atoms with van der Waals surface area (Å²) in [5, 5.41) is 0.618. The van der Waals surface area contributed by atoms with Gasteiger partial charge in [0.2, 0.25) is 0 Å². The van der Waals surface area contributed by atoms with Gasteiger partial charge in [0.1, 0.15) is 16.5 Å². The molecule has 0 spiro atoms. The standard InChI is InChI=1S/C11H9ClN2O3S/c1-16-6-4-3-5-13-7(6)10-14-9(12)8(18-10)11(15)17-2/h3-5H,1-2H3. The molecular formula is C11H9ClN2O3S. The number of rotatable bonds is 3. The molecule has 0 aliphatic carbocycles. The van der Waals surface area contributed by atoms with Crippen molar-refractivity contribution in [2.45, 2.75) is 0 Å². The van der Waals surface area contributed by atoms with E-state index in [1.807, 2.05) is 0 Å². The Morgan fingerprint density at radius 1 is 1.44 bits per heavy atom. The average Bonchev–Trinajstić information content (AvgIpc) is 2.79. The molecule has 0 aromatic carbocycles. The smallest absolute Gasteiger partial charge is 0.351 e. The highest BCUT2D eigenvalue weighted by Crippen LogP contribution is 2.34. The van der Waals surface area contributed by atoms with Crippen molar-refractivity contribution >= 4 is 28.9 Å². The largest absolute Gasteiger partial charge is 0.494 e. The highest BCUT2D eigenvalue weighted by Gasteiger charge is 2.20. The minimum atomic E-state index is -0.515. The molecule has 2 aromatic heterocycles. The highest BCUT2D eigenvalue weighted by molar-refractivity contribution is 7.17. The molecule has 0 bridgehead atoms. The Hall–Kier alpha value is -1.66. The number of methoxy groups -OCH3 is 2. The predicted molar refractivity (Wildman–Crippen MR) is 68.2 cm³/mol. The minimum Gasteiger partial charge on any atom is -0.494 e. The van der Waals surface area contributed by atoms with E-state index in [0.29, 0.717) is 16.5 Å². The van der Waals surface area contributed by atoms with E-state index in [9.17, 15) is 4.79 Å². The maximum Gasteiger partial charge on any atom is 0.351 e. The van der Waals surface area contributed by atoms with Crippen LogP contribution in [0.3, 0.4) is 0 Å². The molecule has 0 fully saturated rings. The van der Waals surface area contributed by atoms with Crippen LogP contribution in [0.25, 0.3) is 10.7 Å². The van der Waals surface area contributed by atoms with Crippen LogP contribution in [-0.2, 0) is 4.74 Å². The SMILES string of the molecule is COC(=O)c1sc(-c2ncccc2OC)nc1Cl. The zero-order valence-corrected chi connectivity index (χ0v) is 11.2. The van der Waals surface area contributed by atoms with Crippen molar-refractivity contribution in [1.82, 2.24) is 9.97 Å². The first-order chi connectivity index (χ1) is 8.67. The van der Waals surface area contributed by atoms with E-state index in [2.05, 4.69) is 14.7 Å². The molecule has 0 N–H and O–H groups in total. The van der Waals surface area contributed by atoms with Crippen LogP contribution in [0.1, 0.15) is 9.67 Å². The van der Waals surface area contributed by atoms with Crippen LogP contribution >= 0.6 is 22.9 Å². The molecule has 0 aliphatic rings. The zero-order valence-electron chi connectivity index (χ0n) is 9.64. The monoisotopic (exact) mass is 284 g/mol. The number of pyridine rings is 1. The third kappa shape index (κ3) is 2.30. The van der Waals surface area contributed by atoms with Gasteiger partial charge in [-0.25, -0.2) is 14.8 Å². The molecule has 2 heterocycles. The van der Waals surface area contributed by atoms with Crippen molar-refractivity contribution in [1.29, 1.82) is 0 Å². The lowest BCUT2D eigenvalue weighted by atomic mass is 10.3. The summed E-state index contributed by atoms with van der Waals surface area (Å²) >= 11 is 7.01. The highest BCUT2D eigenvalue weighted by atomic mass is 35.5. The molecule has 5 nitrogen and oxygen atoms in total. The lowest BCUT2D eigenvalue weighted by molar-refractivity contribution is 0.0606. The number of halogens is 1. The van der Waals surface area contributed by atoms with Gasteiger partial charge in [0.05, 0.1) is 14.2 Å². The van der Waals surface area contributed by atoms with E-state index < -0.39 is 5.97 Å². The summed E-state index contributed by atoms with van der Waals surface area (Å²) in [5.41, 5.74) is 0.544. The maximum atomic E-state index is 11.4. The Labute approximate surface area is 112 Å². The number of ether oxygens (including phenoxy) is 2. The van der Waals surface area contributed by atoms with Gasteiger partial charge in [0.25, 0.3) is 0 Å². The number of carbonyl (C=O) groups is 1. The van der Waals surface area contributed by atoms with Gasteiger partial charge in [0, 0.05) is 6.20 Å². The van der Waals surface area contributed by atoms with Gasteiger partial charge in [-0.15, -0.1) is 11.3 Å². The summed E-state index contributed by atoms with van der Waals surface area (Å²) in [7, 11) is 2.83. The number of hydrogen-bond acceptors (Lipinski definition) is 6. The Balaban J connectivity index is 2.49. The fourth-order valence-electron chi connectivity index (χ4n) is 1.34. The lowest BCUT2D eigenvalue weighted by Crippen LogP contribution is -1.98. The second-order valence-electron chi connectivity index (χ2n) is 3.18. The normalized spacial score (nSPS) is 10.2. The van der Waals surface area contributed by atoms with Gasteiger partial charge < -0.3 is 9.47 Å². The second-order valence-corrected chi connectivity index (χ2v) is 4.54. The van der Waals surface area contributed by atoms with E-state index in [1.54, 1.807) is 18.3 Å². The van der Waals surface area contributed by atoms with Crippen LogP contribution in [0.5, 0.6) is 5.75 Å². The molecule has 18 heavy (non-hydrogen) atoms. The molecule has 0 unspecified atom stereocenters. The van der Waals surface area contributed by atoms with Crippen LogP contribution in [0.2, 0.25) is 5.15 Å². The Bertz CT molecular complexity index is 585. The van der Waals surface area contributed by atoms with Crippen molar-refractivity contribution in [3.63, 3.8) is 0 Å². The number of thiazole rings is 1. The van der Waals surface area contributed by atoms with E-state index in [-0.39, 0.29) is 10.0 Å². The van der Waals surface area contributed by atoms with Gasteiger partial charge >= 0.3 is 5.97 Å². The van der Waals surface area contributed by atoms with E-state index in [4.69, 9.17) is 16.3 Å². The molecule has 0 radical (unpaired) electrons. The molecule has 0 amide bonds. The van der Waals surface area contributed by atoms with Gasteiger partial charge in [0.15, 0.2) is 10.0 Å². The third-order valence-electron chi connectivity index (χ3n) is 2.15. The van der Waals surface area contributed by atoms with Crippen LogP contribution in [0, 0.1) is 0 Å². The first kappa shape index (κ1) is 12.8. The van der Waals surface area contributed by atoms with Crippen LogP contribution in [0.4, 0.5) is 0 Å². The number of esters is 1. The first-order valence-electron chi connectivity index (χ1n) is 4.91. The van der Waals surface area contributed by atoms with E-state index in [0.717, 1.165) is 11.3 Å². The minimum absolute atomic E-state index is 0.106. The molecule has 7 heteroatoms. The summed E-state index contributed by atoms with van der Waals surface area (Å²) < 4.78 is 9.80. The Kier molecular flexibility index (Phi) is 3.78. The van der Waals surface area contributed by atoms with Crippen molar-refractivity contribution in [3.05, 3.63) is 28.4 Å². The third-order valence-corrected chi connectivity index (χ3v) is 3.58. The molecule has 2 rings (SSSR count). The quantitative estimate of drug-likeness (QED) is 0.811. The van der Waals surface area contributed by atoms with Crippen molar-refractivity contribution in [2.75, 3.05) is 14.2 Å². The second kappa shape index (κ2) is 5.32. The number of hydrogen-bond donors (Lipinski definition) is 0. The molecule has 0 atom stereocenters. The molecular weight excluding hydrogens is 276 g/mol. The molecule has 0 saturated carbocycles. The van der Waals surface area contributed by atoms with Crippen molar-refractivity contribution in [3.8, 4) is 16.5 Å². The van der Waals surface area contributed by atoms with Gasteiger partial charge in [-0.05, 0) is 12.1 Å². The van der Waals surface area contributed by atoms with E-state index >= 15 is 0 Å². The summed E-state index contributed by atoms with van der Waals surface area (Å²) in [6.07, 6.45) is 1.62. The molecule has 2 aromatic rings. The fraction of sp³-hybridized carbons (Fsp3) is 0.182. The van der Waals surface area contributed by atoms with Crippen LogP contribution in [-0.4, -0.2) is 30.2 Å². The Morgan fingerprint density at radius 2 is 2.22 bits per heavy atom. The summed E-state index contributed by atoms with van der Waals surface area (Å²) in [4.78, 5) is 20.0. The molecule has 0 saturated heterocycles. The van der Waals surface area contributed by atoms with Gasteiger partial charge in [-0.2, -0.15) is 0 Å². The average molecular weight is 285 g/mol. The maximum absolute atomic E-state index is 11.4. The predicted octanol–water partition coefficient (Wildman–Crippen LogP) is 2.65. The lowest BCUT2D eigenvalue weighted by Gasteiger charge is -2.02. The summed E-state index contributed by atoms with van der Waals surface area (Å²) in [5.74, 6) is 0.0537. The van der Waals surface area contributed by atoms with Crippen molar-refractivity contribution in [2.24, 2.45) is 0 Å². The molecule has 94 valence electrons. The summed E-state index contributed by atoms with van der Waals surface area (Å²) in [6, 6.07) is 3.51. The number of carbonyl (C=O) groups excluding carboxylic acids is 1. The summed E-state index contributed by atoms with van der Waals surface area (Å²) in [6.45, 7) is 0. The first-order valence-corrected chi connectivity index (χ1v) is 6.10. The van der Waals surface area contributed by atoms with E-state index in [1.165, 1.54) is 14.2 Å². The van der Waals surface area contributed by atoms with Crippen molar-refractivity contribution < 1.29 is 14.3 Å². The van der Waals surface area contributed by atoms with Gasteiger partial charge in [-0.3, -0.25) is 0 Å². The topological polar surface area (TPSA) is 61.3 Å². The van der Waals surface area contributed by atoms with Gasteiger partial charge in [-0.1, -0.05) is 11.6 Å².